The molecule has 0 fully saturated rings. The molecular formula is C10H10Li. The zero-order chi connectivity index (χ0) is 6.97. The molecular weight excluding hydrogens is 127 g/mol. The molecule has 0 aliphatic heterocycles. The van der Waals surface area contributed by atoms with Gasteiger partial charge in [-0.05, 0) is 17.0 Å². The molecule has 1 aromatic rings. The van der Waals surface area contributed by atoms with E-state index in [1.807, 2.05) is 0 Å². The monoisotopic (exact) mass is 137 g/mol. The second kappa shape index (κ2) is 3.30. The summed E-state index contributed by atoms with van der Waals surface area (Å²) >= 11 is 0. The molecule has 0 saturated heterocycles. The largest absolute Gasteiger partial charge is 0.0767 e. The van der Waals surface area contributed by atoms with Crippen LogP contribution in [0.4, 0.5) is 0 Å². The van der Waals surface area contributed by atoms with Gasteiger partial charge in [-0.3, -0.25) is 0 Å². The Morgan fingerprint density at radius 3 is 2.64 bits per heavy atom. The average molecular weight is 137 g/mol. The van der Waals surface area contributed by atoms with Gasteiger partial charge < -0.3 is 0 Å². The zero-order valence-corrected chi connectivity index (χ0v) is 7.04. The molecule has 0 bridgehead atoms. The third-order valence-electron chi connectivity index (χ3n) is 2.05. The van der Waals surface area contributed by atoms with Crippen molar-refractivity contribution >= 4 is 24.9 Å². The molecule has 1 unspecified atom stereocenters. The van der Waals surface area contributed by atoms with E-state index in [-0.39, 0.29) is 18.9 Å². The predicted molar refractivity (Wildman–Crippen MR) is 49.6 cm³/mol. The third-order valence-corrected chi connectivity index (χ3v) is 2.05. The number of hydrogen-bond donors (Lipinski definition) is 0. The Balaban J connectivity index is 0.000000605. The van der Waals surface area contributed by atoms with Crippen LogP contribution >= 0.6 is 0 Å². The van der Waals surface area contributed by atoms with E-state index in [0.29, 0.717) is 5.92 Å². The van der Waals surface area contributed by atoms with Crippen LogP contribution < -0.4 is 0 Å². The Labute approximate surface area is 79.5 Å². The summed E-state index contributed by atoms with van der Waals surface area (Å²) in [5.41, 5.74) is 2.84. The van der Waals surface area contributed by atoms with Crippen LogP contribution in [0.15, 0.2) is 30.3 Å². The molecule has 1 radical (unpaired) electrons. The van der Waals surface area contributed by atoms with Crippen LogP contribution in [-0.4, -0.2) is 18.9 Å². The Bertz CT molecular complexity index is 276. The summed E-state index contributed by atoms with van der Waals surface area (Å²) in [5, 5.41) is 0. The van der Waals surface area contributed by atoms with Crippen molar-refractivity contribution in [3.05, 3.63) is 41.5 Å². The summed E-state index contributed by atoms with van der Waals surface area (Å²) in [4.78, 5) is 0. The molecule has 0 aromatic heterocycles. The molecule has 51 valence electrons. The molecule has 1 aliphatic rings. The topological polar surface area (TPSA) is 0 Å². The fraction of sp³-hybridized carbons (Fsp3) is 0.200. The van der Waals surface area contributed by atoms with E-state index >= 15 is 0 Å². The fourth-order valence-electron chi connectivity index (χ4n) is 1.43. The van der Waals surface area contributed by atoms with Gasteiger partial charge in [-0.15, -0.1) is 0 Å². The Morgan fingerprint density at radius 1 is 1.18 bits per heavy atom. The first-order valence-corrected chi connectivity index (χ1v) is 3.65. The first kappa shape index (κ1) is 8.65. The number of hydrogen-bond acceptors (Lipinski definition) is 0. The second-order valence-electron chi connectivity index (χ2n) is 2.78. The molecule has 0 saturated carbocycles. The molecule has 1 aromatic carbocycles. The zero-order valence-electron chi connectivity index (χ0n) is 7.04. The van der Waals surface area contributed by atoms with E-state index in [2.05, 4.69) is 43.3 Å². The van der Waals surface area contributed by atoms with Gasteiger partial charge >= 0.3 is 0 Å². The minimum Gasteiger partial charge on any atom is -0.0767 e. The van der Waals surface area contributed by atoms with Gasteiger partial charge in [0.15, 0.2) is 0 Å². The van der Waals surface area contributed by atoms with Gasteiger partial charge in [-0.2, -0.15) is 0 Å². The number of allylic oxidation sites excluding steroid dienone is 1. The van der Waals surface area contributed by atoms with Gasteiger partial charge in [0.25, 0.3) is 0 Å². The summed E-state index contributed by atoms with van der Waals surface area (Å²) < 4.78 is 0. The maximum absolute atomic E-state index is 2.24. The molecule has 1 aliphatic carbocycles. The normalized spacial score (nSPS) is 19.2. The predicted octanol–water partition coefficient (Wildman–Crippen LogP) is 2.44. The number of rotatable bonds is 0. The average Bonchev–Trinajstić information content (AvgIpc) is 2.34. The van der Waals surface area contributed by atoms with Crippen LogP contribution in [0.2, 0.25) is 0 Å². The minimum absolute atomic E-state index is 0. The quantitative estimate of drug-likeness (QED) is 0.482. The minimum atomic E-state index is 0. The van der Waals surface area contributed by atoms with E-state index in [4.69, 9.17) is 0 Å². The standard InChI is InChI=1S/C10H10.Li/c1-8-6-7-9-4-2-3-5-10(8)9;/h2-8H,1H3;. The first-order chi connectivity index (χ1) is 4.88. The van der Waals surface area contributed by atoms with E-state index in [1.165, 1.54) is 11.1 Å². The first-order valence-electron chi connectivity index (χ1n) is 3.65. The summed E-state index contributed by atoms with van der Waals surface area (Å²) in [6.45, 7) is 2.22. The molecule has 0 heterocycles. The van der Waals surface area contributed by atoms with Crippen molar-refractivity contribution in [3.63, 3.8) is 0 Å². The van der Waals surface area contributed by atoms with Crippen molar-refractivity contribution in [1.29, 1.82) is 0 Å². The van der Waals surface area contributed by atoms with Crippen LogP contribution in [0.3, 0.4) is 0 Å². The molecule has 0 N–H and O–H groups in total. The number of fused-ring (bicyclic) bond motifs is 1. The van der Waals surface area contributed by atoms with E-state index < -0.39 is 0 Å². The van der Waals surface area contributed by atoms with Gasteiger partial charge in [-0.25, -0.2) is 0 Å². The van der Waals surface area contributed by atoms with Crippen molar-refractivity contribution < 1.29 is 0 Å². The van der Waals surface area contributed by atoms with Crippen molar-refractivity contribution in [2.24, 2.45) is 0 Å². The smallest absolute Gasteiger partial charge is 0 e. The molecule has 0 spiro atoms. The molecule has 11 heavy (non-hydrogen) atoms. The van der Waals surface area contributed by atoms with Crippen molar-refractivity contribution in [2.45, 2.75) is 12.8 Å². The van der Waals surface area contributed by atoms with E-state index in [9.17, 15) is 0 Å². The molecule has 1 atom stereocenters. The van der Waals surface area contributed by atoms with Gasteiger partial charge in [0, 0.05) is 18.9 Å². The molecule has 0 nitrogen and oxygen atoms in total. The Morgan fingerprint density at radius 2 is 1.91 bits per heavy atom. The van der Waals surface area contributed by atoms with Crippen LogP contribution in [0.1, 0.15) is 24.0 Å². The van der Waals surface area contributed by atoms with Crippen LogP contribution in [-0.2, 0) is 0 Å². The van der Waals surface area contributed by atoms with Gasteiger partial charge in [0.05, 0.1) is 0 Å². The third kappa shape index (κ3) is 1.43. The van der Waals surface area contributed by atoms with Crippen LogP contribution in [0, 0.1) is 0 Å². The summed E-state index contributed by atoms with van der Waals surface area (Å²) in [6, 6.07) is 8.54. The van der Waals surface area contributed by atoms with E-state index in [0.717, 1.165) is 0 Å². The molecule has 2 rings (SSSR count). The van der Waals surface area contributed by atoms with Crippen LogP contribution in [0.5, 0.6) is 0 Å². The van der Waals surface area contributed by atoms with Crippen molar-refractivity contribution in [2.75, 3.05) is 0 Å². The van der Waals surface area contributed by atoms with Crippen molar-refractivity contribution in [3.8, 4) is 0 Å². The maximum atomic E-state index is 2.24. The van der Waals surface area contributed by atoms with Crippen LogP contribution in [0.25, 0.3) is 6.08 Å². The van der Waals surface area contributed by atoms with E-state index in [1.54, 1.807) is 0 Å². The second-order valence-corrected chi connectivity index (χ2v) is 2.78. The SMILES string of the molecule is CC1C=Cc2ccccc21.[Li]. The maximum Gasteiger partial charge on any atom is 0 e. The Hall–Kier alpha value is -0.443. The van der Waals surface area contributed by atoms with Crippen molar-refractivity contribution in [1.82, 2.24) is 0 Å². The Kier molecular flexibility index (Phi) is 2.60. The molecule has 0 amide bonds. The summed E-state index contributed by atoms with van der Waals surface area (Å²) in [5.74, 6) is 0.621. The van der Waals surface area contributed by atoms with Gasteiger partial charge in [-0.1, -0.05) is 43.3 Å². The fourth-order valence-corrected chi connectivity index (χ4v) is 1.43. The number of benzene rings is 1. The summed E-state index contributed by atoms with van der Waals surface area (Å²) in [7, 11) is 0. The summed E-state index contributed by atoms with van der Waals surface area (Å²) in [6.07, 6.45) is 4.44. The molecule has 1 heteroatoms. The van der Waals surface area contributed by atoms with Gasteiger partial charge in [0.2, 0.25) is 0 Å². The van der Waals surface area contributed by atoms with Gasteiger partial charge in [0.1, 0.15) is 0 Å².